The molecule has 0 spiro atoms. The molecule has 2 aromatic carbocycles. The van der Waals surface area contributed by atoms with E-state index in [1.165, 1.54) is 17.7 Å². The van der Waals surface area contributed by atoms with Gasteiger partial charge in [0, 0.05) is 24.8 Å². The summed E-state index contributed by atoms with van der Waals surface area (Å²) in [6, 6.07) is 11.7. The van der Waals surface area contributed by atoms with Gasteiger partial charge in [-0.15, -0.1) is 0 Å². The predicted octanol–water partition coefficient (Wildman–Crippen LogP) is 4.00. The number of nitrogens with zero attached hydrogens (tertiary/aromatic N) is 3. The maximum absolute atomic E-state index is 13.2. The van der Waals surface area contributed by atoms with Crippen LogP contribution in [0.25, 0.3) is 11.3 Å². The standard InChI is InChI=1S/C26H29FN4O3/c1-18(20-4-9-24(33-2)25(14-20)34-3)29-26(32)17-30-12-10-19(11-13-30)21-15-28-31(16-21)23-7-5-22(27)6-8-23/h4-10,14-16,18H,11-13,17H2,1-3H3,(H,29,32)/t18-/m0/s1. The lowest BCUT2D eigenvalue weighted by atomic mass is 10.0. The summed E-state index contributed by atoms with van der Waals surface area (Å²) in [5, 5.41) is 7.47. The van der Waals surface area contributed by atoms with Gasteiger partial charge in [0.2, 0.25) is 5.91 Å². The van der Waals surface area contributed by atoms with Gasteiger partial charge in [-0.05, 0) is 60.9 Å². The number of carbonyl (C=O) groups is 1. The van der Waals surface area contributed by atoms with Crippen molar-refractivity contribution in [2.75, 3.05) is 33.9 Å². The molecule has 1 atom stereocenters. The third-order valence-corrected chi connectivity index (χ3v) is 5.99. The Labute approximate surface area is 198 Å². The molecule has 1 aliphatic rings. The molecule has 1 N–H and O–H groups in total. The summed E-state index contributed by atoms with van der Waals surface area (Å²) in [5.74, 6) is 0.998. The Hall–Kier alpha value is -3.65. The van der Waals surface area contributed by atoms with E-state index in [0.717, 1.165) is 29.8 Å². The number of hydrogen-bond donors (Lipinski definition) is 1. The molecule has 0 unspecified atom stereocenters. The van der Waals surface area contributed by atoms with Gasteiger partial charge in [0.05, 0.1) is 38.7 Å². The first-order chi connectivity index (χ1) is 16.5. The van der Waals surface area contributed by atoms with Crippen LogP contribution in [0.5, 0.6) is 11.5 Å². The normalized spacial score (nSPS) is 14.9. The van der Waals surface area contributed by atoms with Crippen LogP contribution in [0.4, 0.5) is 4.39 Å². The van der Waals surface area contributed by atoms with Gasteiger partial charge in [-0.25, -0.2) is 9.07 Å². The molecular formula is C26H29FN4O3. The van der Waals surface area contributed by atoms with Gasteiger partial charge < -0.3 is 14.8 Å². The third kappa shape index (κ3) is 5.46. The van der Waals surface area contributed by atoms with Gasteiger partial charge >= 0.3 is 0 Å². The number of amides is 1. The Bertz CT molecular complexity index is 1170. The van der Waals surface area contributed by atoms with Crippen molar-refractivity contribution in [2.24, 2.45) is 0 Å². The van der Waals surface area contributed by atoms with Crippen LogP contribution >= 0.6 is 0 Å². The Morgan fingerprint density at radius 3 is 2.59 bits per heavy atom. The van der Waals surface area contributed by atoms with Crippen molar-refractivity contribution < 1.29 is 18.7 Å². The van der Waals surface area contributed by atoms with E-state index in [1.807, 2.05) is 37.5 Å². The molecule has 0 radical (unpaired) electrons. The molecular weight excluding hydrogens is 435 g/mol. The first kappa shape index (κ1) is 23.5. The second-order valence-electron chi connectivity index (χ2n) is 8.27. The number of methoxy groups -OCH3 is 2. The summed E-state index contributed by atoms with van der Waals surface area (Å²) in [6.45, 7) is 3.75. The molecule has 1 aliphatic heterocycles. The van der Waals surface area contributed by atoms with Crippen LogP contribution < -0.4 is 14.8 Å². The Balaban J connectivity index is 1.31. The van der Waals surface area contributed by atoms with Crippen LogP contribution in [0.15, 0.2) is 60.9 Å². The highest BCUT2D eigenvalue weighted by Gasteiger charge is 2.19. The first-order valence-corrected chi connectivity index (χ1v) is 11.2. The zero-order valence-electron chi connectivity index (χ0n) is 19.6. The maximum atomic E-state index is 13.2. The molecule has 0 bridgehead atoms. The van der Waals surface area contributed by atoms with E-state index < -0.39 is 0 Å². The topological polar surface area (TPSA) is 68.6 Å². The summed E-state index contributed by atoms with van der Waals surface area (Å²) in [4.78, 5) is 14.8. The monoisotopic (exact) mass is 464 g/mol. The lowest BCUT2D eigenvalue weighted by Crippen LogP contribution is -2.40. The van der Waals surface area contributed by atoms with Gasteiger partial charge in [-0.2, -0.15) is 5.10 Å². The largest absolute Gasteiger partial charge is 0.493 e. The number of hydrogen-bond acceptors (Lipinski definition) is 5. The average molecular weight is 465 g/mol. The van der Waals surface area contributed by atoms with Gasteiger partial charge in [0.15, 0.2) is 11.5 Å². The molecule has 0 saturated heterocycles. The van der Waals surface area contributed by atoms with E-state index in [9.17, 15) is 9.18 Å². The van der Waals surface area contributed by atoms with Crippen molar-refractivity contribution >= 4 is 11.5 Å². The van der Waals surface area contributed by atoms with E-state index in [1.54, 1.807) is 31.0 Å². The van der Waals surface area contributed by atoms with Crippen molar-refractivity contribution in [3.05, 3.63) is 77.9 Å². The molecule has 7 nitrogen and oxygen atoms in total. The van der Waals surface area contributed by atoms with Gasteiger partial charge in [0.1, 0.15) is 5.82 Å². The molecule has 2 heterocycles. The number of nitrogens with one attached hydrogen (secondary N) is 1. The maximum Gasteiger partial charge on any atom is 0.234 e. The highest BCUT2D eigenvalue weighted by Crippen LogP contribution is 2.30. The van der Waals surface area contributed by atoms with E-state index >= 15 is 0 Å². The molecule has 1 amide bonds. The molecule has 34 heavy (non-hydrogen) atoms. The molecule has 178 valence electrons. The van der Waals surface area contributed by atoms with Crippen LogP contribution in [0.1, 0.15) is 30.5 Å². The fraction of sp³-hybridized carbons (Fsp3) is 0.308. The van der Waals surface area contributed by atoms with Crippen LogP contribution in [0, 0.1) is 5.82 Å². The zero-order chi connectivity index (χ0) is 24.1. The van der Waals surface area contributed by atoms with Crippen LogP contribution in [0.2, 0.25) is 0 Å². The predicted molar refractivity (Wildman–Crippen MR) is 129 cm³/mol. The van der Waals surface area contributed by atoms with Crippen molar-refractivity contribution in [3.8, 4) is 17.2 Å². The Kier molecular flexibility index (Phi) is 7.27. The lowest BCUT2D eigenvalue weighted by molar-refractivity contribution is -0.122. The van der Waals surface area contributed by atoms with Gasteiger partial charge in [-0.3, -0.25) is 9.69 Å². The van der Waals surface area contributed by atoms with Crippen molar-refractivity contribution in [1.82, 2.24) is 20.0 Å². The van der Waals surface area contributed by atoms with E-state index in [2.05, 4.69) is 21.4 Å². The average Bonchev–Trinajstić information content (AvgIpc) is 3.34. The second-order valence-corrected chi connectivity index (χ2v) is 8.27. The first-order valence-electron chi connectivity index (χ1n) is 11.2. The Morgan fingerprint density at radius 2 is 1.91 bits per heavy atom. The highest BCUT2D eigenvalue weighted by atomic mass is 19.1. The quantitative estimate of drug-likeness (QED) is 0.546. The van der Waals surface area contributed by atoms with Gasteiger partial charge in [0.25, 0.3) is 0 Å². The number of rotatable bonds is 8. The number of ether oxygens (including phenoxy) is 2. The van der Waals surface area contributed by atoms with Crippen molar-refractivity contribution in [1.29, 1.82) is 0 Å². The third-order valence-electron chi connectivity index (χ3n) is 5.99. The molecule has 8 heteroatoms. The fourth-order valence-electron chi connectivity index (χ4n) is 4.04. The molecule has 4 rings (SSSR count). The number of halogens is 1. The fourth-order valence-corrected chi connectivity index (χ4v) is 4.04. The summed E-state index contributed by atoms with van der Waals surface area (Å²) < 4.78 is 25.5. The number of carbonyl (C=O) groups excluding carboxylic acids is 1. The van der Waals surface area contributed by atoms with Crippen molar-refractivity contribution in [3.63, 3.8) is 0 Å². The van der Waals surface area contributed by atoms with E-state index in [-0.39, 0.29) is 17.8 Å². The zero-order valence-corrected chi connectivity index (χ0v) is 19.6. The number of aromatic nitrogens is 2. The summed E-state index contributed by atoms with van der Waals surface area (Å²) in [6.07, 6.45) is 6.74. The SMILES string of the molecule is COc1ccc([C@H](C)NC(=O)CN2CC=C(c3cnn(-c4ccc(F)cc4)c3)CC2)cc1OC. The van der Waals surface area contributed by atoms with Crippen LogP contribution in [0.3, 0.4) is 0 Å². The number of benzene rings is 2. The van der Waals surface area contributed by atoms with E-state index in [4.69, 9.17) is 9.47 Å². The van der Waals surface area contributed by atoms with Gasteiger partial charge in [-0.1, -0.05) is 12.1 Å². The summed E-state index contributed by atoms with van der Waals surface area (Å²) in [7, 11) is 3.19. The molecule has 0 saturated carbocycles. The van der Waals surface area contributed by atoms with E-state index in [0.29, 0.717) is 24.6 Å². The minimum atomic E-state index is -0.270. The molecule has 3 aromatic rings. The van der Waals surface area contributed by atoms with Crippen LogP contribution in [-0.4, -0.2) is 54.4 Å². The minimum Gasteiger partial charge on any atom is -0.493 e. The van der Waals surface area contributed by atoms with Crippen molar-refractivity contribution in [2.45, 2.75) is 19.4 Å². The summed E-state index contributed by atoms with van der Waals surface area (Å²) in [5.41, 5.74) is 4.00. The molecule has 0 fully saturated rings. The van der Waals surface area contributed by atoms with Crippen LogP contribution in [-0.2, 0) is 4.79 Å². The molecule has 0 aliphatic carbocycles. The summed E-state index contributed by atoms with van der Waals surface area (Å²) >= 11 is 0. The molecule has 1 aromatic heterocycles. The Morgan fingerprint density at radius 1 is 1.15 bits per heavy atom. The lowest BCUT2D eigenvalue weighted by Gasteiger charge is -2.26. The smallest absolute Gasteiger partial charge is 0.234 e. The highest BCUT2D eigenvalue weighted by molar-refractivity contribution is 5.79. The second kappa shape index (κ2) is 10.5. The minimum absolute atomic E-state index is 0.0248.